The number of benzene rings is 1. The molecule has 0 spiro atoms. The summed E-state index contributed by atoms with van der Waals surface area (Å²) in [5.74, 6) is -0.238. The molecule has 5 nitrogen and oxygen atoms in total. The first-order valence-electron chi connectivity index (χ1n) is 8.30. The van der Waals surface area contributed by atoms with Crippen molar-refractivity contribution in [2.75, 3.05) is 6.61 Å². The lowest BCUT2D eigenvalue weighted by atomic mass is 10.0. The number of nitrogens with zero attached hydrogens (tertiary/aromatic N) is 1. The van der Waals surface area contributed by atoms with Gasteiger partial charge >= 0.3 is 5.97 Å². The molecule has 3 aromatic rings. The summed E-state index contributed by atoms with van der Waals surface area (Å²) in [6, 6.07) is 5.29. The Morgan fingerprint density at radius 2 is 1.92 bits per heavy atom. The summed E-state index contributed by atoms with van der Waals surface area (Å²) in [5.41, 5.74) is 3.20. The summed E-state index contributed by atoms with van der Waals surface area (Å²) in [7, 11) is 0. The third-order valence-electron chi connectivity index (χ3n) is 4.07. The second kappa shape index (κ2) is 6.31. The fraction of sp³-hybridized carbons (Fsp3) is 0.350. The van der Waals surface area contributed by atoms with Crippen molar-refractivity contribution in [1.82, 2.24) is 4.98 Å². The van der Waals surface area contributed by atoms with Gasteiger partial charge in [-0.2, -0.15) is 0 Å². The van der Waals surface area contributed by atoms with Crippen molar-refractivity contribution >= 4 is 28.0 Å². The van der Waals surface area contributed by atoms with Gasteiger partial charge in [-0.05, 0) is 49.9 Å². The SMILES string of the molecule is Cc1cc(C)c2c(=O)c3cc(C(=O)OCC(C)C)c(C)nc3oc2c1. The highest BCUT2D eigenvalue weighted by molar-refractivity contribution is 5.97. The number of carbonyl (C=O) groups excluding carboxylic acids is 1. The molecule has 130 valence electrons. The van der Waals surface area contributed by atoms with Gasteiger partial charge in [-0.1, -0.05) is 19.9 Å². The Bertz CT molecular complexity index is 1050. The molecule has 0 amide bonds. The minimum atomic E-state index is -0.472. The van der Waals surface area contributed by atoms with E-state index in [9.17, 15) is 9.59 Å². The lowest BCUT2D eigenvalue weighted by molar-refractivity contribution is 0.0458. The quantitative estimate of drug-likeness (QED) is 0.531. The Kier molecular flexibility index (Phi) is 4.33. The molecular formula is C20H21NO4. The van der Waals surface area contributed by atoms with Gasteiger partial charge in [0.05, 0.1) is 28.6 Å². The number of hydrogen-bond donors (Lipinski definition) is 0. The fourth-order valence-corrected chi connectivity index (χ4v) is 2.89. The maximum atomic E-state index is 12.9. The molecule has 0 aliphatic heterocycles. The van der Waals surface area contributed by atoms with Crippen molar-refractivity contribution in [3.05, 3.63) is 50.8 Å². The number of fused-ring (bicyclic) bond motifs is 2. The lowest BCUT2D eigenvalue weighted by Gasteiger charge is -2.10. The monoisotopic (exact) mass is 339 g/mol. The molecule has 0 unspecified atom stereocenters. The molecule has 2 heterocycles. The van der Waals surface area contributed by atoms with E-state index in [-0.39, 0.29) is 17.1 Å². The van der Waals surface area contributed by atoms with Crippen LogP contribution in [0.15, 0.2) is 27.4 Å². The molecule has 0 radical (unpaired) electrons. The Morgan fingerprint density at radius 1 is 1.20 bits per heavy atom. The van der Waals surface area contributed by atoms with Gasteiger partial charge in [0.2, 0.25) is 11.1 Å². The zero-order valence-corrected chi connectivity index (χ0v) is 15.1. The van der Waals surface area contributed by atoms with E-state index in [0.717, 1.165) is 11.1 Å². The molecule has 1 aromatic carbocycles. The summed E-state index contributed by atoms with van der Waals surface area (Å²) in [6.45, 7) is 9.77. The fourth-order valence-electron chi connectivity index (χ4n) is 2.89. The van der Waals surface area contributed by atoms with Gasteiger partial charge in [-0.15, -0.1) is 0 Å². The minimum Gasteiger partial charge on any atom is -0.462 e. The molecular weight excluding hydrogens is 318 g/mol. The van der Waals surface area contributed by atoms with E-state index in [2.05, 4.69) is 4.98 Å². The summed E-state index contributed by atoms with van der Waals surface area (Å²) >= 11 is 0. The zero-order valence-electron chi connectivity index (χ0n) is 15.1. The molecule has 0 bridgehead atoms. The largest absolute Gasteiger partial charge is 0.462 e. The zero-order chi connectivity index (χ0) is 18.3. The van der Waals surface area contributed by atoms with Crippen molar-refractivity contribution in [3.8, 4) is 0 Å². The van der Waals surface area contributed by atoms with Crippen LogP contribution in [-0.2, 0) is 4.74 Å². The molecule has 0 aliphatic carbocycles. The Labute approximate surface area is 145 Å². The number of pyridine rings is 1. The summed E-state index contributed by atoms with van der Waals surface area (Å²) in [4.78, 5) is 29.6. The molecule has 0 fully saturated rings. The van der Waals surface area contributed by atoms with E-state index in [4.69, 9.17) is 9.15 Å². The molecule has 0 atom stereocenters. The van der Waals surface area contributed by atoms with Crippen LogP contribution in [0.1, 0.15) is 41.0 Å². The Morgan fingerprint density at radius 3 is 2.60 bits per heavy atom. The average Bonchev–Trinajstić information content (AvgIpc) is 2.51. The van der Waals surface area contributed by atoms with E-state index in [1.807, 2.05) is 39.8 Å². The van der Waals surface area contributed by atoms with Crippen LogP contribution in [0.3, 0.4) is 0 Å². The van der Waals surface area contributed by atoms with Crippen LogP contribution in [0.4, 0.5) is 0 Å². The predicted octanol–water partition coefficient (Wildman–Crippen LogP) is 4.08. The van der Waals surface area contributed by atoms with Crippen LogP contribution in [0, 0.1) is 26.7 Å². The summed E-state index contributed by atoms with van der Waals surface area (Å²) in [5, 5.41) is 0.812. The van der Waals surface area contributed by atoms with Gasteiger partial charge < -0.3 is 9.15 Å². The molecule has 3 rings (SSSR count). The molecule has 5 heteroatoms. The molecule has 2 aromatic heterocycles. The lowest BCUT2D eigenvalue weighted by Crippen LogP contribution is -2.14. The highest BCUT2D eigenvalue weighted by Gasteiger charge is 2.18. The number of rotatable bonds is 3. The molecule has 0 saturated heterocycles. The third-order valence-corrected chi connectivity index (χ3v) is 4.07. The third kappa shape index (κ3) is 3.14. The number of aryl methyl sites for hydroxylation is 3. The van der Waals surface area contributed by atoms with Crippen LogP contribution in [0.5, 0.6) is 0 Å². The van der Waals surface area contributed by atoms with Crippen molar-refractivity contribution in [3.63, 3.8) is 0 Å². The van der Waals surface area contributed by atoms with Crippen LogP contribution < -0.4 is 5.43 Å². The number of aromatic nitrogens is 1. The van der Waals surface area contributed by atoms with Gasteiger partial charge in [0.15, 0.2) is 0 Å². The smallest absolute Gasteiger partial charge is 0.340 e. The van der Waals surface area contributed by atoms with Gasteiger partial charge in [-0.3, -0.25) is 4.79 Å². The first-order chi connectivity index (χ1) is 11.8. The maximum Gasteiger partial charge on any atom is 0.340 e. The molecule has 0 saturated carbocycles. The summed E-state index contributed by atoms with van der Waals surface area (Å²) < 4.78 is 11.1. The normalized spacial score (nSPS) is 11.4. The predicted molar refractivity (Wildman–Crippen MR) is 97.1 cm³/mol. The first-order valence-corrected chi connectivity index (χ1v) is 8.30. The molecule has 0 aliphatic rings. The van der Waals surface area contributed by atoms with E-state index in [1.54, 1.807) is 6.92 Å². The second-order valence-corrected chi connectivity index (χ2v) is 6.85. The highest BCUT2D eigenvalue weighted by Crippen LogP contribution is 2.23. The molecule has 0 N–H and O–H groups in total. The minimum absolute atomic E-state index is 0.181. The molecule has 25 heavy (non-hydrogen) atoms. The topological polar surface area (TPSA) is 69.4 Å². The second-order valence-electron chi connectivity index (χ2n) is 6.85. The van der Waals surface area contributed by atoms with Gasteiger partial charge in [0.1, 0.15) is 5.58 Å². The van der Waals surface area contributed by atoms with Crippen LogP contribution in [0.25, 0.3) is 22.1 Å². The van der Waals surface area contributed by atoms with Gasteiger partial charge in [0.25, 0.3) is 0 Å². The van der Waals surface area contributed by atoms with Gasteiger partial charge in [0, 0.05) is 0 Å². The summed E-state index contributed by atoms with van der Waals surface area (Å²) in [6.07, 6.45) is 0. The van der Waals surface area contributed by atoms with Crippen molar-refractivity contribution < 1.29 is 13.9 Å². The van der Waals surface area contributed by atoms with Crippen LogP contribution in [0.2, 0.25) is 0 Å². The standard InChI is InChI=1S/C20H21NO4/c1-10(2)9-24-20(23)14-8-15-18(22)17-12(4)6-11(3)7-16(17)25-19(15)21-13(14)5/h6-8,10H,9H2,1-5H3. The van der Waals surface area contributed by atoms with Crippen LogP contribution >= 0.6 is 0 Å². The van der Waals surface area contributed by atoms with E-state index < -0.39 is 5.97 Å². The highest BCUT2D eigenvalue weighted by atomic mass is 16.5. The van der Waals surface area contributed by atoms with Crippen molar-refractivity contribution in [2.24, 2.45) is 5.92 Å². The first kappa shape index (κ1) is 17.1. The Hall–Kier alpha value is -2.69. The van der Waals surface area contributed by atoms with Gasteiger partial charge in [-0.25, -0.2) is 9.78 Å². The van der Waals surface area contributed by atoms with Crippen molar-refractivity contribution in [2.45, 2.75) is 34.6 Å². The number of carbonyl (C=O) groups is 1. The van der Waals surface area contributed by atoms with E-state index in [0.29, 0.717) is 34.2 Å². The number of hydrogen-bond acceptors (Lipinski definition) is 5. The van der Waals surface area contributed by atoms with Crippen molar-refractivity contribution in [1.29, 1.82) is 0 Å². The Balaban J connectivity index is 2.23. The van der Waals surface area contributed by atoms with Crippen LogP contribution in [-0.4, -0.2) is 17.6 Å². The number of esters is 1. The average molecular weight is 339 g/mol. The number of ether oxygens (including phenoxy) is 1. The van der Waals surface area contributed by atoms with E-state index in [1.165, 1.54) is 6.07 Å². The van der Waals surface area contributed by atoms with E-state index >= 15 is 0 Å². The maximum absolute atomic E-state index is 12.9.